The Kier molecular flexibility index (Phi) is 5.85. The maximum absolute atomic E-state index is 13.1. The van der Waals surface area contributed by atoms with Gasteiger partial charge in [0.25, 0.3) is 5.91 Å². The smallest absolute Gasteiger partial charge is 0.378 e. The Morgan fingerprint density at radius 1 is 0.971 bits per heavy atom. The van der Waals surface area contributed by atoms with Crippen LogP contribution in [0.1, 0.15) is 16.1 Å². The zero-order chi connectivity index (χ0) is 24.6. The largest absolute Gasteiger partial charge is 0.416 e. The number of nitrogens with zero attached hydrogens (tertiary/aromatic N) is 6. The zero-order valence-electron chi connectivity index (χ0n) is 18.7. The minimum Gasteiger partial charge on any atom is -0.378 e. The fourth-order valence-corrected chi connectivity index (χ4v) is 3.90. The summed E-state index contributed by atoms with van der Waals surface area (Å²) in [5.74, 6) is 0.0769. The number of carbonyl (C=O) groups excluding carboxylic acids is 1. The number of amides is 1. The summed E-state index contributed by atoms with van der Waals surface area (Å²) in [5, 5.41) is 0. The number of alkyl halides is 3. The van der Waals surface area contributed by atoms with E-state index < -0.39 is 11.7 Å². The summed E-state index contributed by atoms with van der Waals surface area (Å²) < 4.78 is 45.7. The van der Waals surface area contributed by atoms with Gasteiger partial charge in [-0.1, -0.05) is 12.1 Å². The van der Waals surface area contributed by atoms with E-state index in [1.807, 2.05) is 6.07 Å². The third kappa shape index (κ3) is 4.54. The predicted molar refractivity (Wildman–Crippen MR) is 123 cm³/mol. The molecular formula is C24H21F3N6O2. The average Bonchev–Trinajstić information content (AvgIpc) is 3.31. The first-order valence-corrected chi connectivity index (χ1v) is 10.9. The summed E-state index contributed by atoms with van der Waals surface area (Å²) in [7, 11) is 1.61. The first kappa shape index (κ1) is 22.8. The molecule has 0 unspecified atom stereocenters. The van der Waals surface area contributed by atoms with E-state index in [9.17, 15) is 18.0 Å². The van der Waals surface area contributed by atoms with Gasteiger partial charge in [0.15, 0.2) is 5.65 Å². The highest BCUT2D eigenvalue weighted by molar-refractivity contribution is 6.03. The highest BCUT2D eigenvalue weighted by Crippen LogP contribution is 2.31. The first-order chi connectivity index (χ1) is 16.8. The summed E-state index contributed by atoms with van der Waals surface area (Å²) in [4.78, 5) is 29.6. The fraction of sp³-hybridized carbons (Fsp3) is 0.250. The van der Waals surface area contributed by atoms with Gasteiger partial charge in [0.2, 0.25) is 0 Å². The van der Waals surface area contributed by atoms with Gasteiger partial charge in [-0.2, -0.15) is 13.2 Å². The molecule has 11 heteroatoms. The Balaban J connectivity index is 1.39. The van der Waals surface area contributed by atoms with Gasteiger partial charge >= 0.3 is 6.18 Å². The average molecular weight is 482 g/mol. The molecule has 1 aliphatic heterocycles. The third-order valence-corrected chi connectivity index (χ3v) is 5.88. The van der Waals surface area contributed by atoms with Crippen LogP contribution in [-0.2, 0) is 10.9 Å². The van der Waals surface area contributed by atoms with Crippen molar-refractivity contribution < 1.29 is 22.7 Å². The van der Waals surface area contributed by atoms with Gasteiger partial charge in [-0.25, -0.2) is 15.0 Å². The van der Waals surface area contributed by atoms with Crippen molar-refractivity contribution in [1.29, 1.82) is 0 Å². The van der Waals surface area contributed by atoms with Gasteiger partial charge in [0.05, 0.1) is 48.7 Å². The van der Waals surface area contributed by atoms with E-state index in [4.69, 9.17) is 4.74 Å². The fourth-order valence-electron chi connectivity index (χ4n) is 3.90. The van der Waals surface area contributed by atoms with Crippen molar-refractivity contribution >= 4 is 23.1 Å². The van der Waals surface area contributed by atoms with Crippen LogP contribution in [0.25, 0.3) is 16.9 Å². The van der Waals surface area contributed by atoms with Crippen LogP contribution >= 0.6 is 0 Å². The molecule has 1 aliphatic rings. The molecule has 35 heavy (non-hydrogen) atoms. The van der Waals surface area contributed by atoms with Gasteiger partial charge in [0.1, 0.15) is 11.5 Å². The van der Waals surface area contributed by atoms with Crippen molar-refractivity contribution in [2.75, 3.05) is 43.2 Å². The number of carbonyl (C=O) groups is 1. The van der Waals surface area contributed by atoms with Crippen molar-refractivity contribution in [2.45, 2.75) is 6.18 Å². The van der Waals surface area contributed by atoms with E-state index in [2.05, 4.69) is 19.9 Å². The Hall–Kier alpha value is -3.99. The number of morpholine rings is 1. The van der Waals surface area contributed by atoms with Crippen LogP contribution in [0.3, 0.4) is 0 Å². The van der Waals surface area contributed by atoms with Crippen molar-refractivity contribution in [1.82, 2.24) is 19.4 Å². The van der Waals surface area contributed by atoms with E-state index in [1.54, 1.807) is 23.7 Å². The van der Waals surface area contributed by atoms with E-state index in [0.29, 0.717) is 35.9 Å². The SMILES string of the molecule is CN(C(=O)c1cn2c(-c3ccc(C(F)(F)F)cc3)cnc2cn1)c1ccc(N2CCOCC2)cn1. The van der Waals surface area contributed by atoms with E-state index >= 15 is 0 Å². The molecule has 180 valence electrons. The summed E-state index contributed by atoms with van der Waals surface area (Å²) >= 11 is 0. The Labute approximate surface area is 198 Å². The number of ether oxygens (including phenoxy) is 1. The lowest BCUT2D eigenvalue weighted by Crippen LogP contribution is -2.36. The van der Waals surface area contributed by atoms with Gasteiger partial charge in [0, 0.05) is 31.9 Å². The number of fused-ring (bicyclic) bond motifs is 1. The topological polar surface area (TPSA) is 75.9 Å². The molecule has 0 aliphatic carbocycles. The monoisotopic (exact) mass is 482 g/mol. The zero-order valence-corrected chi connectivity index (χ0v) is 18.7. The lowest BCUT2D eigenvalue weighted by Gasteiger charge is -2.28. The Morgan fingerprint density at radius 2 is 1.71 bits per heavy atom. The number of rotatable bonds is 4. The maximum Gasteiger partial charge on any atom is 0.416 e. The number of aromatic nitrogens is 4. The molecule has 0 N–H and O–H groups in total. The third-order valence-electron chi connectivity index (χ3n) is 5.88. The summed E-state index contributed by atoms with van der Waals surface area (Å²) in [6.07, 6.45) is 1.81. The van der Waals surface area contributed by atoms with Gasteiger partial charge in [-0.15, -0.1) is 0 Å². The Bertz CT molecular complexity index is 1350. The minimum absolute atomic E-state index is 0.144. The van der Waals surface area contributed by atoms with Gasteiger partial charge < -0.3 is 9.64 Å². The molecule has 8 nitrogen and oxygen atoms in total. The standard InChI is InChI=1S/C24H21F3N6O2/c1-31(21-7-6-18(12-29-21)32-8-10-35-11-9-32)23(34)19-15-33-20(13-30-22(33)14-28-19)16-2-4-17(5-3-16)24(25,26)27/h2-7,12-15H,8-11H2,1H3. The molecule has 0 spiro atoms. The van der Waals surface area contributed by atoms with Crippen molar-refractivity contribution in [2.24, 2.45) is 0 Å². The first-order valence-electron chi connectivity index (χ1n) is 10.9. The number of hydrogen-bond donors (Lipinski definition) is 0. The molecule has 4 aromatic rings. The predicted octanol–water partition coefficient (Wildman–Crippen LogP) is 3.92. The number of pyridine rings is 1. The summed E-state index contributed by atoms with van der Waals surface area (Å²) in [5.41, 5.74) is 1.90. The highest BCUT2D eigenvalue weighted by Gasteiger charge is 2.30. The number of anilines is 2. The molecule has 0 radical (unpaired) electrons. The summed E-state index contributed by atoms with van der Waals surface area (Å²) in [6.45, 7) is 2.89. The molecule has 3 aromatic heterocycles. The molecule has 1 amide bonds. The maximum atomic E-state index is 13.1. The molecule has 5 rings (SSSR count). The van der Waals surface area contributed by atoms with E-state index in [-0.39, 0.29) is 11.6 Å². The number of imidazole rings is 1. The van der Waals surface area contributed by atoms with Crippen LogP contribution in [0.5, 0.6) is 0 Å². The molecule has 1 fully saturated rings. The quantitative estimate of drug-likeness (QED) is 0.439. The molecule has 0 bridgehead atoms. The molecule has 4 heterocycles. The molecular weight excluding hydrogens is 461 g/mol. The van der Waals surface area contributed by atoms with Crippen LogP contribution in [0.4, 0.5) is 24.7 Å². The van der Waals surface area contributed by atoms with Crippen LogP contribution in [0.15, 0.2) is 61.2 Å². The molecule has 0 saturated carbocycles. The normalized spacial score (nSPS) is 14.3. The van der Waals surface area contributed by atoms with Crippen molar-refractivity contribution in [3.63, 3.8) is 0 Å². The molecule has 0 atom stereocenters. The van der Waals surface area contributed by atoms with Crippen molar-refractivity contribution in [3.05, 3.63) is 72.4 Å². The lowest BCUT2D eigenvalue weighted by atomic mass is 10.1. The summed E-state index contributed by atoms with van der Waals surface area (Å²) in [6, 6.07) is 8.46. The lowest BCUT2D eigenvalue weighted by molar-refractivity contribution is -0.137. The van der Waals surface area contributed by atoms with Crippen LogP contribution in [0.2, 0.25) is 0 Å². The second kappa shape index (κ2) is 8.99. The number of hydrogen-bond acceptors (Lipinski definition) is 6. The van der Waals surface area contributed by atoms with Crippen molar-refractivity contribution in [3.8, 4) is 11.3 Å². The van der Waals surface area contributed by atoms with Crippen LogP contribution in [-0.4, -0.2) is 58.6 Å². The van der Waals surface area contributed by atoms with Crippen LogP contribution < -0.4 is 9.80 Å². The highest BCUT2D eigenvalue weighted by atomic mass is 19.4. The second-order valence-electron chi connectivity index (χ2n) is 8.06. The Morgan fingerprint density at radius 3 is 2.37 bits per heavy atom. The van der Waals surface area contributed by atoms with Gasteiger partial charge in [-0.3, -0.25) is 14.1 Å². The number of halogens is 3. The van der Waals surface area contributed by atoms with E-state index in [1.165, 1.54) is 35.6 Å². The second-order valence-corrected chi connectivity index (χ2v) is 8.06. The van der Waals surface area contributed by atoms with Gasteiger partial charge in [-0.05, 0) is 24.3 Å². The van der Waals surface area contributed by atoms with E-state index in [0.717, 1.165) is 30.9 Å². The number of benzene rings is 1. The molecule has 1 saturated heterocycles. The minimum atomic E-state index is -4.42. The molecule has 1 aromatic carbocycles. The van der Waals surface area contributed by atoms with Crippen LogP contribution in [0, 0.1) is 0 Å².